The fourth-order valence-corrected chi connectivity index (χ4v) is 1.57. The Hall–Kier alpha value is -0.970. The molecule has 1 N–H and O–H groups in total. The van der Waals surface area contributed by atoms with Gasteiger partial charge in [-0.15, -0.1) is 5.10 Å². The second kappa shape index (κ2) is 7.33. The molecule has 5 heteroatoms. The van der Waals surface area contributed by atoms with Crippen LogP contribution in [0.5, 0.6) is 0 Å². The predicted molar refractivity (Wildman–Crippen MR) is 63.9 cm³/mol. The van der Waals surface area contributed by atoms with E-state index in [4.69, 9.17) is 0 Å². The summed E-state index contributed by atoms with van der Waals surface area (Å²) in [6.07, 6.45) is 3.69. The Bertz CT molecular complexity index is 282. The van der Waals surface area contributed by atoms with E-state index in [-0.39, 0.29) is 0 Å². The maximum absolute atomic E-state index is 4.01. The fraction of sp³-hybridized carbons (Fsp3) is 0.909. The minimum Gasteiger partial charge on any atom is -0.310 e. The van der Waals surface area contributed by atoms with Gasteiger partial charge in [0, 0.05) is 6.54 Å². The molecule has 0 amide bonds. The molecule has 0 radical (unpaired) electrons. The molecule has 0 aliphatic rings. The van der Waals surface area contributed by atoms with Crippen molar-refractivity contribution in [1.82, 2.24) is 25.5 Å². The molecule has 0 spiro atoms. The first-order valence-electron chi connectivity index (χ1n) is 6.19. The number of tetrazole rings is 1. The molecule has 0 bridgehead atoms. The van der Waals surface area contributed by atoms with Gasteiger partial charge in [0.15, 0.2) is 5.82 Å². The van der Waals surface area contributed by atoms with Crippen LogP contribution in [-0.4, -0.2) is 26.8 Å². The van der Waals surface area contributed by atoms with Gasteiger partial charge in [-0.1, -0.05) is 33.6 Å². The number of hydrogen-bond donors (Lipinski definition) is 1. The number of aryl methyl sites for hydroxylation is 1. The van der Waals surface area contributed by atoms with Crippen molar-refractivity contribution >= 4 is 0 Å². The molecule has 0 aromatic carbocycles. The summed E-state index contributed by atoms with van der Waals surface area (Å²) < 4.78 is 1.91. The van der Waals surface area contributed by atoms with Crippen LogP contribution in [0, 0.1) is 5.92 Å². The van der Waals surface area contributed by atoms with Crippen LogP contribution >= 0.6 is 0 Å². The molecule has 1 aromatic heterocycles. The van der Waals surface area contributed by atoms with Gasteiger partial charge in [0.2, 0.25) is 0 Å². The molecule has 0 aliphatic carbocycles. The van der Waals surface area contributed by atoms with Gasteiger partial charge in [0.25, 0.3) is 0 Å². The van der Waals surface area contributed by atoms with Crippen molar-refractivity contribution in [2.45, 2.75) is 53.1 Å². The van der Waals surface area contributed by atoms with E-state index in [1.165, 1.54) is 12.8 Å². The third kappa shape index (κ3) is 4.70. The van der Waals surface area contributed by atoms with E-state index in [1.54, 1.807) is 0 Å². The van der Waals surface area contributed by atoms with Crippen molar-refractivity contribution < 1.29 is 0 Å². The highest BCUT2D eigenvalue weighted by atomic mass is 15.5. The Morgan fingerprint density at radius 1 is 1.31 bits per heavy atom. The molecule has 0 aliphatic heterocycles. The highest BCUT2D eigenvalue weighted by Gasteiger charge is 2.04. The summed E-state index contributed by atoms with van der Waals surface area (Å²) in [4.78, 5) is 0. The molecule has 92 valence electrons. The number of hydrogen-bond acceptors (Lipinski definition) is 4. The summed E-state index contributed by atoms with van der Waals surface area (Å²) in [6.45, 7) is 9.23. The van der Waals surface area contributed by atoms with E-state index in [0.717, 1.165) is 37.8 Å². The SMILES string of the molecule is CCNCc1nnnn1CCCCC(C)C. The summed E-state index contributed by atoms with van der Waals surface area (Å²) in [7, 11) is 0. The Morgan fingerprint density at radius 2 is 2.12 bits per heavy atom. The summed E-state index contributed by atoms with van der Waals surface area (Å²) >= 11 is 0. The molecule has 0 atom stereocenters. The largest absolute Gasteiger partial charge is 0.310 e. The molecule has 1 rings (SSSR count). The third-order valence-electron chi connectivity index (χ3n) is 2.54. The molecular weight excluding hydrogens is 202 g/mol. The number of rotatable bonds is 8. The first kappa shape index (κ1) is 13.1. The number of nitrogens with one attached hydrogen (secondary N) is 1. The zero-order valence-electron chi connectivity index (χ0n) is 10.6. The van der Waals surface area contributed by atoms with Gasteiger partial charge in [0.05, 0.1) is 6.54 Å². The minimum absolute atomic E-state index is 0.758. The van der Waals surface area contributed by atoms with E-state index < -0.39 is 0 Å². The molecule has 0 saturated heterocycles. The summed E-state index contributed by atoms with van der Waals surface area (Å²) in [5.74, 6) is 1.72. The fourth-order valence-electron chi connectivity index (χ4n) is 1.57. The average Bonchev–Trinajstić information content (AvgIpc) is 2.69. The van der Waals surface area contributed by atoms with Crippen molar-refractivity contribution in [2.24, 2.45) is 5.92 Å². The van der Waals surface area contributed by atoms with Crippen LogP contribution in [0.15, 0.2) is 0 Å². The lowest BCUT2D eigenvalue weighted by atomic mass is 10.1. The van der Waals surface area contributed by atoms with Gasteiger partial charge in [-0.05, 0) is 29.3 Å². The maximum Gasteiger partial charge on any atom is 0.165 e. The lowest BCUT2D eigenvalue weighted by Crippen LogP contribution is -2.17. The average molecular weight is 225 g/mol. The maximum atomic E-state index is 4.01. The standard InChI is InChI=1S/C11H23N5/c1-4-12-9-11-13-14-15-16(11)8-6-5-7-10(2)3/h10,12H,4-9H2,1-3H3. The van der Waals surface area contributed by atoms with Gasteiger partial charge in [-0.2, -0.15) is 0 Å². The van der Waals surface area contributed by atoms with Gasteiger partial charge < -0.3 is 5.32 Å². The van der Waals surface area contributed by atoms with Crippen molar-refractivity contribution in [3.05, 3.63) is 5.82 Å². The van der Waals surface area contributed by atoms with Gasteiger partial charge in [-0.25, -0.2) is 4.68 Å². The summed E-state index contributed by atoms with van der Waals surface area (Å²) in [6, 6.07) is 0. The molecule has 0 fully saturated rings. The molecule has 0 unspecified atom stereocenters. The topological polar surface area (TPSA) is 55.6 Å². The monoisotopic (exact) mass is 225 g/mol. The Morgan fingerprint density at radius 3 is 2.81 bits per heavy atom. The first-order chi connectivity index (χ1) is 7.74. The van der Waals surface area contributed by atoms with Gasteiger partial charge in [-0.3, -0.25) is 0 Å². The van der Waals surface area contributed by atoms with Crippen molar-refractivity contribution in [2.75, 3.05) is 6.54 Å². The zero-order valence-corrected chi connectivity index (χ0v) is 10.6. The van der Waals surface area contributed by atoms with Crippen LogP contribution < -0.4 is 5.32 Å². The van der Waals surface area contributed by atoms with Gasteiger partial charge in [0.1, 0.15) is 0 Å². The van der Waals surface area contributed by atoms with Crippen LogP contribution in [0.1, 0.15) is 45.9 Å². The predicted octanol–water partition coefficient (Wildman–Crippen LogP) is 1.61. The first-order valence-corrected chi connectivity index (χ1v) is 6.19. The number of unbranched alkanes of at least 4 members (excludes halogenated alkanes) is 1. The minimum atomic E-state index is 0.758. The van der Waals surface area contributed by atoms with Crippen molar-refractivity contribution in [1.29, 1.82) is 0 Å². The van der Waals surface area contributed by atoms with Crippen molar-refractivity contribution in [3.63, 3.8) is 0 Å². The highest BCUT2D eigenvalue weighted by Crippen LogP contribution is 2.07. The van der Waals surface area contributed by atoms with Crippen LogP contribution in [-0.2, 0) is 13.1 Å². The Labute approximate surface area is 97.6 Å². The molecule has 1 aromatic rings. The Kier molecular flexibility index (Phi) is 6.00. The second-order valence-electron chi connectivity index (χ2n) is 4.49. The van der Waals surface area contributed by atoms with Gasteiger partial charge >= 0.3 is 0 Å². The van der Waals surface area contributed by atoms with E-state index >= 15 is 0 Å². The molecular formula is C11H23N5. The summed E-state index contributed by atoms with van der Waals surface area (Å²) in [5, 5.41) is 15.0. The van der Waals surface area contributed by atoms with E-state index in [2.05, 4.69) is 41.6 Å². The van der Waals surface area contributed by atoms with E-state index in [9.17, 15) is 0 Å². The van der Waals surface area contributed by atoms with E-state index in [1.807, 2.05) is 4.68 Å². The zero-order chi connectivity index (χ0) is 11.8. The highest BCUT2D eigenvalue weighted by molar-refractivity contribution is 4.79. The number of aromatic nitrogens is 4. The third-order valence-corrected chi connectivity index (χ3v) is 2.54. The lowest BCUT2D eigenvalue weighted by molar-refractivity contribution is 0.472. The van der Waals surface area contributed by atoms with Crippen molar-refractivity contribution in [3.8, 4) is 0 Å². The van der Waals surface area contributed by atoms with Crippen LogP contribution in [0.3, 0.4) is 0 Å². The van der Waals surface area contributed by atoms with Crippen LogP contribution in [0.25, 0.3) is 0 Å². The smallest absolute Gasteiger partial charge is 0.165 e. The molecule has 5 nitrogen and oxygen atoms in total. The lowest BCUT2D eigenvalue weighted by Gasteiger charge is -2.06. The second-order valence-corrected chi connectivity index (χ2v) is 4.49. The molecule has 16 heavy (non-hydrogen) atoms. The molecule has 1 heterocycles. The molecule has 0 saturated carbocycles. The summed E-state index contributed by atoms with van der Waals surface area (Å²) in [5.41, 5.74) is 0. The van der Waals surface area contributed by atoms with E-state index in [0.29, 0.717) is 0 Å². The van der Waals surface area contributed by atoms with Crippen LogP contribution in [0.2, 0.25) is 0 Å². The van der Waals surface area contributed by atoms with Crippen LogP contribution in [0.4, 0.5) is 0 Å². The normalized spacial score (nSPS) is 11.2. The Balaban J connectivity index is 2.27. The number of nitrogens with zero attached hydrogens (tertiary/aromatic N) is 4. The quantitative estimate of drug-likeness (QED) is 0.683.